The number of nitro groups is 1. The monoisotopic (exact) mass is 264 g/mol. The molecule has 0 aliphatic carbocycles. The van der Waals surface area contributed by atoms with E-state index in [1.807, 2.05) is 0 Å². The van der Waals surface area contributed by atoms with Gasteiger partial charge in [-0.2, -0.15) is 0 Å². The first-order valence-electron chi connectivity index (χ1n) is 5.13. The van der Waals surface area contributed by atoms with Crippen LogP contribution < -0.4 is 4.74 Å². The minimum Gasteiger partial charge on any atom is -0.439 e. The normalized spacial score (nSPS) is 10.1. The number of alkyl halides is 1. The highest BCUT2D eigenvalue weighted by Crippen LogP contribution is 2.25. The highest BCUT2D eigenvalue weighted by Gasteiger charge is 2.07. The fourth-order valence-corrected chi connectivity index (χ4v) is 1.57. The maximum absolute atomic E-state index is 10.5. The molecule has 2 aromatic rings. The quantitative estimate of drug-likeness (QED) is 0.481. The molecule has 0 saturated heterocycles. The van der Waals surface area contributed by atoms with Crippen LogP contribution in [-0.2, 0) is 5.88 Å². The van der Waals surface area contributed by atoms with Gasteiger partial charge in [0.15, 0.2) is 0 Å². The maximum Gasteiger partial charge on any atom is 0.269 e. The molecule has 0 saturated carbocycles. The zero-order valence-corrected chi connectivity index (χ0v) is 10.0. The summed E-state index contributed by atoms with van der Waals surface area (Å²) < 4.78 is 5.52. The highest BCUT2D eigenvalue weighted by atomic mass is 35.5. The van der Waals surface area contributed by atoms with Crippen molar-refractivity contribution in [3.63, 3.8) is 0 Å². The second-order valence-electron chi connectivity index (χ2n) is 3.45. The van der Waals surface area contributed by atoms with Crippen molar-refractivity contribution >= 4 is 17.3 Å². The van der Waals surface area contributed by atoms with E-state index < -0.39 is 4.92 Å². The van der Waals surface area contributed by atoms with Gasteiger partial charge in [-0.05, 0) is 18.2 Å². The lowest BCUT2D eigenvalue weighted by Gasteiger charge is -2.07. The Morgan fingerprint density at radius 3 is 2.61 bits per heavy atom. The van der Waals surface area contributed by atoms with Crippen LogP contribution in [0.15, 0.2) is 42.6 Å². The van der Waals surface area contributed by atoms with Gasteiger partial charge in [0, 0.05) is 23.9 Å². The molecular weight excluding hydrogens is 256 g/mol. The predicted octanol–water partition coefficient (Wildman–Crippen LogP) is 3.52. The summed E-state index contributed by atoms with van der Waals surface area (Å²) in [5.74, 6) is 1.17. The molecule has 1 heterocycles. The minimum absolute atomic E-state index is 0.0148. The van der Waals surface area contributed by atoms with Gasteiger partial charge in [0.05, 0.1) is 10.8 Å². The van der Waals surface area contributed by atoms with Gasteiger partial charge >= 0.3 is 0 Å². The molecule has 1 aromatic carbocycles. The Bertz CT molecular complexity index is 558. The molecule has 0 amide bonds. The van der Waals surface area contributed by atoms with Crippen LogP contribution in [0.5, 0.6) is 11.6 Å². The predicted molar refractivity (Wildman–Crippen MR) is 67.0 cm³/mol. The summed E-state index contributed by atoms with van der Waals surface area (Å²) in [6.07, 6.45) is 1.59. The Labute approximate surface area is 108 Å². The summed E-state index contributed by atoms with van der Waals surface area (Å²) in [6, 6.07) is 9.36. The Morgan fingerprint density at radius 2 is 2.00 bits per heavy atom. The van der Waals surface area contributed by atoms with Crippen molar-refractivity contribution in [1.29, 1.82) is 0 Å². The van der Waals surface area contributed by atoms with E-state index in [1.165, 1.54) is 24.3 Å². The zero-order chi connectivity index (χ0) is 13.0. The summed E-state index contributed by atoms with van der Waals surface area (Å²) >= 11 is 5.76. The van der Waals surface area contributed by atoms with E-state index >= 15 is 0 Å². The number of aromatic nitrogens is 1. The minimum atomic E-state index is -0.464. The van der Waals surface area contributed by atoms with Gasteiger partial charge in [-0.3, -0.25) is 10.1 Å². The number of rotatable bonds is 4. The second-order valence-corrected chi connectivity index (χ2v) is 3.72. The molecule has 5 nitrogen and oxygen atoms in total. The highest BCUT2D eigenvalue weighted by molar-refractivity contribution is 6.17. The fourth-order valence-electron chi connectivity index (χ4n) is 1.37. The molecule has 0 aliphatic rings. The molecule has 0 spiro atoms. The third-order valence-corrected chi connectivity index (χ3v) is 2.54. The summed E-state index contributed by atoms with van der Waals surface area (Å²) in [7, 11) is 0. The molecule has 0 fully saturated rings. The molecule has 2 rings (SSSR count). The smallest absolute Gasteiger partial charge is 0.269 e. The largest absolute Gasteiger partial charge is 0.439 e. The molecular formula is C12H9ClN2O3. The van der Waals surface area contributed by atoms with E-state index in [-0.39, 0.29) is 11.6 Å². The molecule has 6 heteroatoms. The number of nitrogens with zero attached hydrogens (tertiary/aromatic N) is 2. The molecule has 0 aliphatic heterocycles. The van der Waals surface area contributed by atoms with Crippen LogP contribution in [0.3, 0.4) is 0 Å². The maximum atomic E-state index is 10.5. The Kier molecular flexibility index (Phi) is 3.74. The van der Waals surface area contributed by atoms with Crippen LogP contribution in [-0.4, -0.2) is 9.91 Å². The average Bonchev–Trinajstić information content (AvgIpc) is 2.40. The second kappa shape index (κ2) is 5.46. The Hall–Kier alpha value is -2.14. The number of non-ortho nitro benzene ring substituents is 1. The van der Waals surface area contributed by atoms with Gasteiger partial charge in [-0.15, -0.1) is 11.6 Å². The molecule has 0 unspecified atom stereocenters. The summed E-state index contributed by atoms with van der Waals surface area (Å²) in [5.41, 5.74) is 0.776. The lowest BCUT2D eigenvalue weighted by atomic mass is 10.3. The topological polar surface area (TPSA) is 65.3 Å². The summed E-state index contributed by atoms with van der Waals surface area (Å²) in [4.78, 5) is 14.1. The third kappa shape index (κ3) is 2.75. The number of hydrogen-bond acceptors (Lipinski definition) is 4. The number of nitro benzene ring substituents is 1. The number of hydrogen-bond donors (Lipinski definition) is 0. The van der Waals surface area contributed by atoms with Crippen molar-refractivity contribution in [3.8, 4) is 11.6 Å². The standard InChI is InChI=1S/C12H9ClN2O3/c13-8-9-2-1-7-14-12(9)18-11-5-3-10(4-6-11)15(16)17/h1-7H,8H2. The van der Waals surface area contributed by atoms with E-state index in [0.717, 1.165) is 5.56 Å². The van der Waals surface area contributed by atoms with E-state index in [0.29, 0.717) is 11.6 Å². The molecule has 0 atom stereocenters. The summed E-state index contributed by atoms with van der Waals surface area (Å²) in [5, 5.41) is 10.5. The van der Waals surface area contributed by atoms with E-state index in [9.17, 15) is 10.1 Å². The number of pyridine rings is 1. The third-order valence-electron chi connectivity index (χ3n) is 2.26. The molecule has 0 radical (unpaired) electrons. The summed E-state index contributed by atoms with van der Waals surface area (Å²) in [6.45, 7) is 0. The molecule has 1 aromatic heterocycles. The van der Waals surface area contributed by atoms with Crippen LogP contribution in [0.4, 0.5) is 5.69 Å². The van der Waals surface area contributed by atoms with Crippen LogP contribution in [0.25, 0.3) is 0 Å². The Morgan fingerprint density at radius 1 is 1.28 bits per heavy atom. The first-order valence-corrected chi connectivity index (χ1v) is 5.66. The van der Waals surface area contributed by atoms with Crippen LogP contribution in [0.2, 0.25) is 0 Å². The SMILES string of the molecule is O=[N+]([O-])c1ccc(Oc2ncccc2CCl)cc1. The number of benzene rings is 1. The van der Waals surface area contributed by atoms with Crippen molar-refractivity contribution < 1.29 is 9.66 Å². The first-order chi connectivity index (χ1) is 8.70. The van der Waals surface area contributed by atoms with Crippen molar-refractivity contribution in [2.45, 2.75) is 5.88 Å². The van der Waals surface area contributed by atoms with Crippen molar-refractivity contribution in [1.82, 2.24) is 4.98 Å². The van der Waals surface area contributed by atoms with Gasteiger partial charge in [-0.1, -0.05) is 6.07 Å². The lowest BCUT2D eigenvalue weighted by Crippen LogP contribution is -1.93. The number of ether oxygens (including phenoxy) is 1. The Balaban J connectivity index is 2.21. The number of halogens is 1. The van der Waals surface area contributed by atoms with E-state index in [2.05, 4.69) is 4.98 Å². The van der Waals surface area contributed by atoms with E-state index in [4.69, 9.17) is 16.3 Å². The van der Waals surface area contributed by atoms with Crippen molar-refractivity contribution in [2.24, 2.45) is 0 Å². The molecule has 0 N–H and O–H groups in total. The van der Waals surface area contributed by atoms with Gasteiger partial charge in [0.2, 0.25) is 5.88 Å². The lowest BCUT2D eigenvalue weighted by molar-refractivity contribution is -0.384. The molecule has 92 valence electrons. The van der Waals surface area contributed by atoms with E-state index in [1.54, 1.807) is 18.3 Å². The molecule has 18 heavy (non-hydrogen) atoms. The van der Waals surface area contributed by atoms with Gasteiger partial charge in [0.25, 0.3) is 5.69 Å². The van der Waals surface area contributed by atoms with Crippen molar-refractivity contribution in [3.05, 3.63) is 58.3 Å². The fraction of sp³-hybridized carbons (Fsp3) is 0.0833. The van der Waals surface area contributed by atoms with Crippen LogP contribution >= 0.6 is 11.6 Å². The van der Waals surface area contributed by atoms with Crippen LogP contribution in [0.1, 0.15) is 5.56 Å². The van der Waals surface area contributed by atoms with Gasteiger partial charge < -0.3 is 4.74 Å². The molecule has 0 bridgehead atoms. The zero-order valence-electron chi connectivity index (χ0n) is 9.25. The van der Waals surface area contributed by atoms with Crippen molar-refractivity contribution in [2.75, 3.05) is 0 Å². The van der Waals surface area contributed by atoms with Crippen LogP contribution in [0, 0.1) is 10.1 Å². The van der Waals surface area contributed by atoms with Gasteiger partial charge in [-0.25, -0.2) is 4.98 Å². The van der Waals surface area contributed by atoms with Gasteiger partial charge in [0.1, 0.15) is 5.75 Å². The average molecular weight is 265 g/mol. The first kappa shape index (κ1) is 12.3.